The van der Waals surface area contributed by atoms with Crippen LogP contribution in [0.4, 0.5) is 13.2 Å². The molecule has 2 heterocycles. The minimum atomic E-state index is -1.25. The Balaban J connectivity index is 0.000000493. The maximum atomic E-state index is 13.8. The van der Waals surface area contributed by atoms with Crippen molar-refractivity contribution in [1.82, 2.24) is 9.80 Å². The van der Waals surface area contributed by atoms with Crippen LogP contribution in [0.25, 0.3) is 0 Å². The quantitative estimate of drug-likeness (QED) is 0.224. The Hall–Kier alpha value is -3.41. The molecule has 4 rings (SSSR count). The van der Waals surface area contributed by atoms with Crippen LogP contribution in [-0.4, -0.2) is 70.9 Å². The zero-order valence-corrected chi connectivity index (χ0v) is 20.4. The van der Waals surface area contributed by atoms with Gasteiger partial charge in [-0.15, -0.1) is 0 Å². The second-order valence-corrected chi connectivity index (χ2v) is 9.87. The van der Waals surface area contributed by atoms with E-state index in [-0.39, 0.29) is 61.5 Å². The Morgan fingerprint density at radius 2 is 1.84 bits per heavy atom. The summed E-state index contributed by atoms with van der Waals surface area (Å²) in [4.78, 5) is 48.0. The first-order valence-corrected chi connectivity index (χ1v) is 11.9. The number of carbonyl (C=O) groups is 4. The Bertz CT molecular complexity index is 1080. The van der Waals surface area contributed by atoms with Gasteiger partial charge in [-0.1, -0.05) is 14.4 Å². The molecule has 9 nitrogen and oxygen atoms in total. The van der Waals surface area contributed by atoms with E-state index in [1.165, 1.54) is 0 Å². The Kier molecular flexibility index (Phi) is 10.5. The molecule has 2 aliphatic heterocycles. The summed E-state index contributed by atoms with van der Waals surface area (Å²) in [5.41, 5.74) is 5.75. The number of hydrogen-bond donors (Lipinski definition) is 2. The van der Waals surface area contributed by atoms with Gasteiger partial charge in [0.1, 0.15) is 12.1 Å². The molecule has 0 aromatic heterocycles. The highest BCUT2D eigenvalue weighted by Crippen LogP contribution is 2.47. The third kappa shape index (κ3) is 7.56. The highest BCUT2D eigenvalue weighted by Gasteiger charge is 2.52. The monoisotopic (exact) mass is 541 g/mol. The largest absolute Gasteiger partial charge is 0.478 e. The smallest absolute Gasteiger partial charge is 0.331 e. The molecule has 210 valence electrons. The second-order valence-electron chi connectivity index (χ2n) is 9.87. The van der Waals surface area contributed by atoms with Gasteiger partial charge in [-0.05, 0) is 37.3 Å². The van der Waals surface area contributed by atoms with Crippen LogP contribution in [0.1, 0.15) is 45.6 Å². The fourth-order valence-electron chi connectivity index (χ4n) is 4.77. The molecule has 0 unspecified atom stereocenters. The number of halogens is 3. The number of likely N-dealkylation sites (tertiary alicyclic amines) is 2. The van der Waals surface area contributed by atoms with E-state index < -0.39 is 29.5 Å². The number of fused-ring (bicyclic) bond motifs is 1. The second kappa shape index (κ2) is 12.9. The number of nitrogens with zero attached hydrogens (tertiary/aromatic N) is 2. The maximum absolute atomic E-state index is 13.8. The van der Waals surface area contributed by atoms with Gasteiger partial charge in [-0.2, -0.15) is 0 Å². The molecule has 1 aliphatic carbocycles. The number of amides is 2. The molecule has 1 saturated carbocycles. The van der Waals surface area contributed by atoms with Gasteiger partial charge < -0.3 is 25.4 Å². The van der Waals surface area contributed by atoms with Crippen LogP contribution in [0.15, 0.2) is 24.5 Å². The average Bonchev–Trinajstić information content (AvgIpc) is 3.25. The number of aliphatic carboxylic acids is 1. The summed E-state index contributed by atoms with van der Waals surface area (Å²) in [6, 6.07) is 0.584. The molecule has 0 spiro atoms. The van der Waals surface area contributed by atoms with E-state index >= 15 is 0 Å². The molecule has 3 aliphatic rings. The van der Waals surface area contributed by atoms with E-state index in [1.807, 2.05) is 11.8 Å². The molecule has 2 saturated heterocycles. The van der Waals surface area contributed by atoms with Crippen molar-refractivity contribution >= 4 is 24.3 Å². The van der Waals surface area contributed by atoms with Crippen LogP contribution < -0.4 is 5.73 Å². The lowest BCUT2D eigenvalue weighted by Gasteiger charge is -2.27. The molecular weight excluding hydrogens is 507 g/mol. The molecule has 3 atom stereocenters. The molecule has 0 bridgehead atoms. The fourth-order valence-corrected chi connectivity index (χ4v) is 4.77. The maximum Gasteiger partial charge on any atom is 0.331 e. The number of carboxylic acid groups (broad SMARTS) is 1. The van der Waals surface area contributed by atoms with Gasteiger partial charge >= 0.3 is 5.97 Å². The first-order valence-electron chi connectivity index (χ1n) is 11.9. The summed E-state index contributed by atoms with van der Waals surface area (Å²) in [7, 11) is 0. The third-order valence-corrected chi connectivity index (χ3v) is 7.02. The zero-order chi connectivity index (χ0) is 27.3. The van der Waals surface area contributed by atoms with Crippen molar-refractivity contribution in [2.45, 2.75) is 58.5 Å². The van der Waals surface area contributed by atoms with E-state index in [4.69, 9.17) is 10.8 Å². The summed E-state index contributed by atoms with van der Waals surface area (Å²) >= 11 is 0. The van der Waals surface area contributed by atoms with Gasteiger partial charge in [0.15, 0.2) is 11.6 Å². The topological polar surface area (TPSA) is 130 Å². The summed E-state index contributed by atoms with van der Waals surface area (Å²) in [6.45, 7) is 3.99. The van der Waals surface area contributed by atoms with Gasteiger partial charge in [-0.25, -0.2) is 18.0 Å². The van der Waals surface area contributed by atoms with Crippen LogP contribution in [0.5, 0.6) is 0 Å². The number of hydrogen-bond acceptors (Lipinski definition) is 6. The minimum Gasteiger partial charge on any atom is -0.478 e. The average molecular weight is 542 g/mol. The number of nitrogens with two attached hydrogens (primary N) is 1. The highest BCUT2D eigenvalue weighted by molar-refractivity contribution is 5.85. The third-order valence-electron chi connectivity index (χ3n) is 7.02. The molecule has 3 N–H and O–H groups in total. The number of benzene rings is 1. The van der Waals surface area contributed by atoms with Crippen molar-refractivity contribution in [3.05, 3.63) is 47.5 Å². The summed E-state index contributed by atoms with van der Waals surface area (Å²) < 4.78 is 44.2. The van der Waals surface area contributed by atoms with E-state index in [2.05, 4.69) is 4.74 Å². The number of ether oxygens (including phenoxy) is 1. The standard InChI is InChI=1S/C21H26F3N3O2.C4H4O4.CH4/c1-21(3-4-21)20(29)26-10-12-2-5-27(18(12)11-26)19(28)8-14(25)6-13-7-16(23)17(24)9-15(13)22;5-3-8-2-1-4(6)7;/h7,9,12,14,18H,2-6,8,10-11,25H2,1H3;1-3H,(H,6,7);1H4/b;2-1+;/t12-,14+,18+;;/m0../s1. The van der Waals surface area contributed by atoms with Crippen molar-refractivity contribution in [3.8, 4) is 0 Å². The molecule has 0 radical (unpaired) electrons. The van der Waals surface area contributed by atoms with Crippen molar-refractivity contribution in [2.24, 2.45) is 17.1 Å². The SMILES string of the molecule is C.CC1(C(=O)N2C[C@@H]3CCN(C(=O)C[C@H](N)Cc4cc(F)c(F)cc4F)[C@@H]3C2)CC1.O=CO/C=C/C(=O)O. The van der Waals surface area contributed by atoms with Crippen molar-refractivity contribution in [2.75, 3.05) is 19.6 Å². The van der Waals surface area contributed by atoms with E-state index in [9.17, 15) is 32.3 Å². The first-order chi connectivity index (χ1) is 17.4. The molecule has 12 heteroatoms. The molecule has 1 aromatic rings. The van der Waals surface area contributed by atoms with Gasteiger partial charge in [0.2, 0.25) is 11.8 Å². The predicted molar refractivity (Wildman–Crippen MR) is 131 cm³/mol. The number of carbonyl (C=O) groups excluding carboxylic acids is 3. The summed E-state index contributed by atoms with van der Waals surface area (Å²) in [5, 5.41) is 7.86. The minimum absolute atomic E-state index is 0. The number of carboxylic acids is 1. The zero-order valence-electron chi connectivity index (χ0n) is 20.4. The summed E-state index contributed by atoms with van der Waals surface area (Å²) in [6.07, 6.45) is 4.14. The lowest BCUT2D eigenvalue weighted by atomic mass is 10.0. The Morgan fingerprint density at radius 3 is 2.45 bits per heavy atom. The van der Waals surface area contributed by atoms with E-state index in [1.54, 1.807) is 4.90 Å². The lowest BCUT2D eigenvalue weighted by Crippen LogP contribution is -2.43. The van der Waals surface area contributed by atoms with Crippen molar-refractivity contribution in [1.29, 1.82) is 0 Å². The highest BCUT2D eigenvalue weighted by atomic mass is 19.2. The van der Waals surface area contributed by atoms with Crippen LogP contribution in [-0.2, 0) is 30.3 Å². The molecule has 38 heavy (non-hydrogen) atoms. The van der Waals surface area contributed by atoms with E-state index in [0.29, 0.717) is 31.8 Å². The van der Waals surface area contributed by atoms with Gasteiger partial charge in [0, 0.05) is 49.5 Å². The molecule has 1 aromatic carbocycles. The van der Waals surface area contributed by atoms with Crippen LogP contribution >= 0.6 is 0 Å². The molecule has 3 fully saturated rings. The molecule has 2 amide bonds. The van der Waals surface area contributed by atoms with Crippen LogP contribution in [0.3, 0.4) is 0 Å². The normalized spacial score (nSPS) is 21.6. The van der Waals surface area contributed by atoms with E-state index in [0.717, 1.165) is 31.6 Å². The summed E-state index contributed by atoms with van der Waals surface area (Å²) in [5.74, 6) is -4.07. The van der Waals surface area contributed by atoms with Crippen molar-refractivity contribution in [3.63, 3.8) is 0 Å². The van der Waals surface area contributed by atoms with Gasteiger partial charge in [0.25, 0.3) is 6.47 Å². The van der Waals surface area contributed by atoms with Crippen LogP contribution in [0.2, 0.25) is 0 Å². The molecular formula is C26H34F3N3O6. The van der Waals surface area contributed by atoms with Crippen molar-refractivity contribution < 1.29 is 42.2 Å². The Labute approximate surface area is 219 Å². The number of rotatable bonds is 8. The predicted octanol–water partition coefficient (Wildman–Crippen LogP) is 2.62. The van der Waals surface area contributed by atoms with Crippen LogP contribution in [0, 0.1) is 28.8 Å². The first kappa shape index (κ1) is 30.8. The lowest BCUT2D eigenvalue weighted by molar-refractivity contribution is -0.137. The fraction of sp³-hybridized carbons (Fsp3) is 0.538. The van der Waals surface area contributed by atoms with Gasteiger partial charge in [0.05, 0.1) is 12.1 Å². The van der Waals surface area contributed by atoms with Gasteiger partial charge in [-0.3, -0.25) is 14.4 Å². The Morgan fingerprint density at radius 1 is 1.18 bits per heavy atom.